The second-order valence-corrected chi connectivity index (χ2v) is 6.30. The number of carbonyl (C=O) groups is 1. The summed E-state index contributed by atoms with van der Waals surface area (Å²) in [5.74, 6) is -0.538. The van der Waals surface area contributed by atoms with Crippen molar-refractivity contribution in [3.8, 4) is 0 Å². The molecule has 2 heterocycles. The summed E-state index contributed by atoms with van der Waals surface area (Å²) in [4.78, 5) is 11.3. The van der Waals surface area contributed by atoms with Crippen LogP contribution in [0.3, 0.4) is 0 Å². The van der Waals surface area contributed by atoms with Crippen molar-refractivity contribution >= 4 is 5.91 Å². The number of ether oxygens (including phenoxy) is 3. The van der Waals surface area contributed by atoms with Gasteiger partial charge in [0.15, 0.2) is 12.6 Å². The second kappa shape index (κ2) is 8.84. The zero-order chi connectivity index (χ0) is 19.6. The summed E-state index contributed by atoms with van der Waals surface area (Å²) in [5.41, 5.74) is 0. The number of rotatable bonds is 5. The first-order valence-electron chi connectivity index (χ1n) is 8.06. The van der Waals surface area contributed by atoms with E-state index in [1.165, 1.54) is 6.92 Å². The van der Waals surface area contributed by atoms with Gasteiger partial charge in [-0.05, 0) is 0 Å². The van der Waals surface area contributed by atoms with E-state index < -0.39 is 80.5 Å². The Labute approximate surface area is 148 Å². The quantitative estimate of drug-likeness (QED) is 0.226. The third-order valence-electron chi connectivity index (χ3n) is 4.36. The fourth-order valence-corrected chi connectivity index (χ4v) is 2.87. The van der Waals surface area contributed by atoms with Crippen LogP contribution in [-0.2, 0) is 19.0 Å². The minimum absolute atomic E-state index is 0.455. The first-order chi connectivity index (χ1) is 12.2. The highest BCUT2D eigenvalue weighted by Crippen LogP contribution is 2.25. The second-order valence-electron chi connectivity index (χ2n) is 6.30. The lowest BCUT2D eigenvalue weighted by Gasteiger charge is -2.43. The van der Waals surface area contributed by atoms with Crippen molar-refractivity contribution in [2.45, 2.75) is 68.3 Å². The van der Waals surface area contributed by atoms with E-state index in [1.54, 1.807) is 0 Å². The number of amides is 1. The molecule has 1 amide bonds. The van der Waals surface area contributed by atoms with E-state index in [1.807, 2.05) is 0 Å². The van der Waals surface area contributed by atoms with Crippen molar-refractivity contribution < 1.29 is 54.8 Å². The fraction of sp³-hybridized carbons (Fsp3) is 0.929. The van der Waals surface area contributed by atoms with Crippen LogP contribution in [0.5, 0.6) is 0 Å². The number of carbonyl (C=O) groups excluding carboxylic acids is 1. The molecule has 1 unspecified atom stereocenters. The molecule has 152 valence electrons. The average molecular weight is 383 g/mol. The maximum Gasteiger partial charge on any atom is 0.217 e. The standard InChI is InChI=1S/C14H25NO11/c1-4(17)15-7-10(20)8(18)5(2-16)26-14(7)24-3-6-9(19)11(21)12(22)13(23)25-6/h5-14,16,18-23H,2-3H2,1H3,(H,15,17)/t5-,6-,7-,8+,9+,10-,11+,12-,13?,14+/m1/s1. The lowest BCUT2D eigenvalue weighted by atomic mass is 9.96. The molecule has 0 bridgehead atoms. The molecule has 0 spiro atoms. The molecule has 26 heavy (non-hydrogen) atoms. The predicted octanol–water partition coefficient (Wildman–Crippen LogP) is -5.25. The van der Waals surface area contributed by atoms with Gasteiger partial charge in [0.2, 0.25) is 5.91 Å². The highest BCUT2D eigenvalue weighted by molar-refractivity contribution is 5.73. The normalized spacial score (nSPS) is 46.8. The van der Waals surface area contributed by atoms with Crippen molar-refractivity contribution in [3.63, 3.8) is 0 Å². The Morgan fingerprint density at radius 1 is 0.923 bits per heavy atom. The van der Waals surface area contributed by atoms with E-state index in [2.05, 4.69) is 5.32 Å². The van der Waals surface area contributed by atoms with Crippen molar-refractivity contribution in [1.82, 2.24) is 5.32 Å². The van der Waals surface area contributed by atoms with Gasteiger partial charge in [0.05, 0.1) is 13.2 Å². The van der Waals surface area contributed by atoms with E-state index in [4.69, 9.17) is 14.2 Å². The molecule has 0 saturated carbocycles. The Morgan fingerprint density at radius 2 is 1.54 bits per heavy atom. The average Bonchev–Trinajstić information content (AvgIpc) is 2.60. The van der Waals surface area contributed by atoms with Gasteiger partial charge in [0.1, 0.15) is 48.8 Å². The summed E-state index contributed by atoms with van der Waals surface area (Å²) in [6.45, 7) is 0.0944. The monoisotopic (exact) mass is 383 g/mol. The Morgan fingerprint density at radius 3 is 2.12 bits per heavy atom. The van der Waals surface area contributed by atoms with Crippen LogP contribution in [0, 0.1) is 0 Å². The third-order valence-corrected chi connectivity index (χ3v) is 4.36. The molecule has 2 aliphatic heterocycles. The molecule has 0 radical (unpaired) electrons. The molecule has 10 atom stereocenters. The predicted molar refractivity (Wildman–Crippen MR) is 80.2 cm³/mol. The SMILES string of the molecule is CC(=O)N[C@H]1[C@@H](OC[C@H]2OC(O)[C@H](O)[C@@H](O)[C@H]2O)O[C@H](CO)[C@H](O)[C@@H]1O. The molecular formula is C14H25NO11. The van der Waals surface area contributed by atoms with Crippen molar-refractivity contribution in [2.75, 3.05) is 13.2 Å². The highest BCUT2D eigenvalue weighted by atomic mass is 16.7. The van der Waals surface area contributed by atoms with Crippen LogP contribution in [0.4, 0.5) is 0 Å². The molecule has 2 fully saturated rings. The van der Waals surface area contributed by atoms with E-state index in [0.29, 0.717) is 0 Å². The van der Waals surface area contributed by atoms with Crippen molar-refractivity contribution in [1.29, 1.82) is 0 Å². The van der Waals surface area contributed by atoms with Crippen molar-refractivity contribution in [2.24, 2.45) is 0 Å². The minimum Gasteiger partial charge on any atom is -0.394 e. The number of hydrogen-bond acceptors (Lipinski definition) is 11. The smallest absolute Gasteiger partial charge is 0.217 e. The van der Waals surface area contributed by atoms with Gasteiger partial charge in [-0.25, -0.2) is 0 Å². The van der Waals surface area contributed by atoms with Gasteiger partial charge < -0.3 is 55.3 Å². The third kappa shape index (κ3) is 4.48. The first-order valence-corrected chi connectivity index (χ1v) is 8.06. The molecule has 8 N–H and O–H groups in total. The number of aliphatic hydroxyl groups excluding tert-OH is 7. The molecule has 12 heteroatoms. The molecule has 0 aromatic carbocycles. The Balaban J connectivity index is 2.05. The summed E-state index contributed by atoms with van der Waals surface area (Å²) in [6, 6.07) is -1.19. The molecular weight excluding hydrogens is 358 g/mol. The van der Waals surface area contributed by atoms with Gasteiger partial charge in [0.25, 0.3) is 0 Å². The number of hydrogen-bond donors (Lipinski definition) is 8. The summed E-state index contributed by atoms with van der Waals surface area (Å²) in [7, 11) is 0. The largest absolute Gasteiger partial charge is 0.394 e. The van der Waals surface area contributed by atoms with E-state index in [-0.39, 0.29) is 0 Å². The Hall–Kier alpha value is -0.930. The molecule has 2 saturated heterocycles. The van der Waals surface area contributed by atoms with Gasteiger partial charge in [0, 0.05) is 6.92 Å². The summed E-state index contributed by atoms with van der Waals surface area (Å²) >= 11 is 0. The Bertz CT molecular complexity index is 480. The van der Waals surface area contributed by atoms with Gasteiger partial charge >= 0.3 is 0 Å². The van der Waals surface area contributed by atoms with Gasteiger partial charge in [-0.15, -0.1) is 0 Å². The summed E-state index contributed by atoms with van der Waals surface area (Å²) < 4.78 is 15.7. The number of nitrogens with one attached hydrogen (secondary N) is 1. The van der Waals surface area contributed by atoms with Crippen LogP contribution in [0.15, 0.2) is 0 Å². The molecule has 0 aromatic rings. The molecule has 0 aliphatic carbocycles. The van der Waals surface area contributed by atoms with Gasteiger partial charge in [-0.2, -0.15) is 0 Å². The van der Waals surface area contributed by atoms with Crippen molar-refractivity contribution in [3.05, 3.63) is 0 Å². The summed E-state index contributed by atoms with van der Waals surface area (Å²) in [6.07, 6.45) is -13.5. The minimum atomic E-state index is -1.75. The molecule has 0 aromatic heterocycles. The van der Waals surface area contributed by atoms with Crippen LogP contribution in [0.25, 0.3) is 0 Å². The van der Waals surface area contributed by atoms with Gasteiger partial charge in [-0.1, -0.05) is 0 Å². The van der Waals surface area contributed by atoms with Crippen LogP contribution in [0.2, 0.25) is 0 Å². The first kappa shape index (κ1) is 21.4. The zero-order valence-electron chi connectivity index (χ0n) is 14.0. The molecule has 12 nitrogen and oxygen atoms in total. The van der Waals surface area contributed by atoms with Crippen LogP contribution < -0.4 is 5.32 Å². The lowest BCUT2D eigenvalue weighted by Crippen LogP contribution is -2.65. The maximum atomic E-state index is 11.3. The summed E-state index contributed by atoms with van der Waals surface area (Å²) in [5, 5.41) is 70.1. The zero-order valence-corrected chi connectivity index (χ0v) is 14.0. The molecule has 2 rings (SSSR count). The van der Waals surface area contributed by atoms with Crippen LogP contribution >= 0.6 is 0 Å². The van der Waals surface area contributed by atoms with E-state index >= 15 is 0 Å². The highest BCUT2D eigenvalue weighted by Gasteiger charge is 2.47. The molecule has 2 aliphatic rings. The van der Waals surface area contributed by atoms with Gasteiger partial charge in [-0.3, -0.25) is 4.79 Å². The topological polar surface area (TPSA) is 198 Å². The lowest BCUT2D eigenvalue weighted by molar-refractivity contribution is -0.311. The van der Waals surface area contributed by atoms with Crippen LogP contribution in [0.1, 0.15) is 6.92 Å². The van der Waals surface area contributed by atoms with E-state index in [9.17, 15) is 40.5 Å². The maximum absolute atomic E-state index is 11.3. The number of aliphatic hydroxyl groups is 7. The van der Waals surface area contributed by atoms with E-state index in [0.717, 1.165) is 0 Å². The fourth-order valence-electron chi connectivity index (χ4n) is 2.87. The van der Waals surface area contributed by atoms with Crippen LogP contribution in [-0.4, -0.2) is 116 Å². The Kier molecular flexibility index (Phi) is 7.27.